The van der Waals surface area contributed by atoms with Gasteiger partial charge in [0.05, 0.1) is 16.7 Å². The van der Waals surface area contributed by atoms with Crippen molar-refractivity contribution >= 4 is 47.1 Å². The van der Waals surface area contributed by atoms with Crippen molar-refractivity contribution in [1.82, 2.24) is 10.7 Å². The first kappa shape index (κ1) is 26.6. The van der Waals surface area contributed by atoms with Gasteiger partial charge in [0.15, 0.2) is 0 Å². The van der Waals surface area contributed by atoms with E-state index in [0.717, 1.165) is 4.88 Å². The van der Waals surface area contributed by atoms with Gasteiger partial charge in [0.25, 0.3) is 17.5 Å². The molecule has 10 nitrogen and oxygen atoms in total. The van der Waals surface area contributed by atoms with E-state index in [9.17, 15) is 24.5 Å². The summed E-state index contributed by atoms with van der Waals surface area (Å²) in [5, 5.41) is 19.2. The summed E-state index contributed by atoms with van der Waals surface area (Å²) < 4.78 is 5.28. The Balaban J connectivity index is 1.37. The Kier molecular flexibility index (Phi) is 8.67. The summed E-state index contributed by atoms with van der Waals surface area (Å²) in [6, 6.07) is 23.5. The number of thiophene rings is 1. The fourth-order valence-electron chi connectivity index (χ4n) is 3.19. The van der Waals surface area contributed by atoms with Crippen molar-refractivity contribution in [2.45, 2.75) is 0 Å². The van der Waals surface area contributed by atoms with Crippen LogP contribution in [-0.4, -0.2) is 28.9 Å². The summed E-state index contributed by atoms with van der Waals surface area (Å²) >= 11 is 1.41. The monoisotopic (exact) mass is 540 g/mol. The Hall–Kier alpha value is -5.42. The lowest BCUT2D eigenvalue weighted by atomic mass is 10.2. The summed E-state index contributed by atoms with van der Waals surface area (Å²) in [5.41, 5.74) is 3.46. The normalized spacial score (nSPS) is 11.1. The zero-order valence-corrected chi connectivity index (χ0v) is 21.0. The number of hydrogen-bond donors (Lipinski definition) is 2. The lowest BCUT2D eigenvalue weighted by Gasteiger charge is -2.08. The molecule has 0 atom stereocenters. The number of nitrogens with one attached hydrogen (secondary N) is 2. The molecule has 1 heterocycles. The van der Waals surface area contributed by atoms with Crippen LogP contribution in [0.2, 0.25) is 0 Å². The number of amides is 2. The van der Waals surface area contributed by atoms with Crippen LogP contribution in [0.1, 0.15) is 31.2 Å². The predicted molar refractivity (Wildman–Crippen MR) is 146 cm³/mol. The highest BCUT2D eigenvalue weighted by molar-refractivity contribution is 7.10. The van der Waals surface area contributed by atoms with Crippen LogP contribution in [0.4, 0.5) is 5.69 Å². The van der Waals surface area contributed by atoms with Crippen molar-refractivity contribution in [2.24, 2.45) is 5.10 Å². The quantitative estimate of drug-likeness (QED) is 0.0781. The minimum atomic E-state index is -0.666. The number of esters is 1. The number of nitro benzene ring substituents is 1. The molecule has 1 aromatic heterocycles. The molecular formula is C28H20N4O6S. The average Bonchev–Trinajstić information content (AvgIpc) is 3.47. The first-order valence-corrected chi connectivity index (χ1v) is 12.3. The van der Waals surface area contributed by atoms with Gasteiger partial charge in [0.1, 0.15) is 11.4 Å². The van der Waals surface area contributed by atoms with Crippen molar-refractivity contribution in [2.75, 3.05) is 0 Å². The van der Waals surface area contributed by atoms with Gasteiger partial charge in [-0.05, 0) is 71.6 Å². The third kappa shape index (κ3) is 7.54. The summed E-state index contributed by atoms with van der Waals surface area (Å²) in [7, 11) is 0. The summed E-state index contributed by atoms with van der Waals surface area (Å²) in [6.45, 7) is 0. The lowest BCUT2D eigenvalue weighted by molar-refractivity contribution is -0.384. The molecule has 0 saturated heterocycles. The first-order valence-electron chi connectivity index (χ1n) is 11.4. The van der Waals surface area contributed by atoms with Gasteiger partial charge in [0, 0.05) is 22.6 Å². The van der Waals surface area contributed by atoms with E-state index in [2.05, 4.69) is 15.8 Å². The van der Waals surface area contributed by atoms with Crippen molar-refractivity contribution in [3.63, 3.8) is 0 Å². The molecule has 0 spiro atoms. The molecule has 3 aromatic carbocycles. The number of nitrogens with zero attached hydrogens (tertiary/aromatic N) is 2. The Labute approximate surface area is 226 Å². The molecule has 0 saturated carbocycles. The number of ether oxygens (including phenoxy) is 1. The third-order valence-corrected chi connectivity index (χ3v) is 5.96. The first-order chi connectivity index (χ1) is 18.9. The number of benzene rings is 3. The van der Waals surface area contributed by atoms with E-state index in [1.54, 1.807) is 48.5 Å². The Bertz CT molecular complexity index is 1530. The number of non-ortho nitro benzene ring substituents is 1. The fourth-order valence-corrected chi connectivity index (χ4v) is 3.85. The van der Waals surface area contributed by atoms with E-state index >= 15 is 0 Å². The van der Waals surface area contributed by atoms with Gasteiger partial charge >= 0.3 is 5.97 Å². The Morgan fingerprint density at radius 1 is 0.872 bits per heavy atom. The number of carbonyl (C=O) groups is 3. The maximum absolute atomic E-state index is 12.8. The highest BCUT2D eigenvalue weighted by atomic mass is 32.1. The van der Waals surface area contributed by atoms with Crippen molar-refractivity contribution in [3.8, 4) is 5.75 Å². The van der Waals surface area contributed by atoms with E-state index < -0.39 is 22.7 Å². The molecule has 2 N–H and O–H groups in total. The zero-order valence-electron chi connectivity index (χ0n) is 20.1. The molecule has 0 bridgehead atoms. The molecule has 39 heavy (non-hydrogen) atoms. The zero-order chi connectivity index (χ0) is 27.6. The van der Waals surface area contributed by atoms with Crippen LogP contribution >= 0.6 is 11.3 Å². The highest BCUT2D eigenvalue weighted by Gasteiger charge is 2.15. The van der Waals surface area contributed by atoms with Crippen LogP contribution in [0, 0.1) is 10.1 Å². The van der Waals surface area contributed by atoms with E-state index in [0.29, 0.717) is 11.1 Å². The number of nitro groups is 1. The second-order valence-electron chi connectivity index (χ2n) is 7.86. The molecule has 0 radical (unpaired) electrons. The summed E-state index contributed by atoms with van der Waals surface area (Å²) in [6.07, 6.45) is 2.95. The number of carbonyl (C=O) groups excluding carboxylic acids is 3. The van der Waals surface area contributed by atoms with Gasteiger partial charge in [-0.1, -0.05) is 24.3 Å². The molecule has 2 amide bonds. The van der Waals surface area contributed by atoms with Gasteiger partial charge in [0.2, 0.25) is 0 Å². The molecule has 0 aliphatic rings. The second-order valence-corrected chi connectivity index (χ2v) is 8.83. The van der Waals surface area contributed by atoms with E-state index in [4.69, 9.17) is 4.74 Å². The predicted octanol–water partition coefficient (Wildman–Crippen LogP) is 4.80. The van der Waals surface area contributed by atoms with E-state index in [1.807, 2.05) is 17.5 Å². The van der Waals surface area contributed by atoms with Crippen molar-refractivity contribution in [1.29, 1.82) is 0 Å². The van der Waals surface area contributed by atoms with Crippen LogP contribution in [0.15, 0.2) is 107 Å². The minimum absolute atomic E-state index is 0.0250. The maximum Gasteiger partial charge on any atom is 0.343 e. The molecular weight excluding hydrogens is 520 g/mol. The molecule has 0 fully saturated rings. The molecule has 4 aromatic rings. The SMILES string of the molecule is O=C(N/N=C\c1ccc(OC(=O)c2ccc([N+](=O)[O-])cc2)cc1)/C(=C/c1cccs1)NC(=O)c1ccccc1. The van der Waals surface area contributed by atoms with Gasteiger partial charge in [-0.2, -0.15) is 5.10 Å². The van der Waals surface area contributed by atoms with Crippen LogP contribution in [0.5, 0.6) is 5.75 Å². The average molecular weight is 541 g/mol. The smallest absolute Gasteiger partial charge is 0.343 e. The van der Waals surface area contributed by atoms with E-state index in [-0.39, 0.29) is 22.7 Å². The third-order valence-electron chi connectivity index (χ3n) is 5.14. The fraction of sp³-hybridized carbons (Fsp3) is 0. The Morgan fingerprint density at radius 3 is 2.23 bits per heavy atom. The molecule has 194 valence electrons. The van der Waals surface area contributed by atoms with Gasteiger partial charge < -0.3 is 10.1 Å². The van der Waals surface area contributed by atoms with Crippen LogP contribution in [0.25, 0.3) is 6.08 Å². The number of hydrazone groups is 1. The summed E-state index contributed by atoms with van der Waals surface area (Å²) in [4.78, 5) is 48.6. The van der Waals surface area contributed by atoms with Gasteiger partial charge in [-0.25, -0.2) is 10.2 Å². The Morgan fingerprint density at radius 2 is 1.59 bits per heavy atom. The second kappa shape index (κ2) is 12.7. The largest absolute Gasteiger partial charge is 0.423 e. The van der Waals surface area contributed by atoms with Crippen LogP contribution < -0.4 is 15.5 Å². The van der Waals surface area contributed by atoms with Crippen LogP contribution in [0.3, 0.4) is 0 Å². The van der Waals surface area contributed by atoms with Gasteiger partial charge in [-0.15, -0.1) is 11.3 Å². The highest BCUT2D eigenvalue weighted by Crippen LogP contribution is 2.17. The topological polar surface area (TPSA) is 140 Å². The minimum Gasteiger partial charge on any atom is -0.423 e. The van der Waals surface area contributed by atoms with E-state index in [1.165, 1.54) is 53.9 Å². The number of hydrogen-bond acceptors (Lipinski definition) is 8. The molecule has 0 aliphatic carbocycles. The van der Waals surface area contributed by atoms with Gasteiger partial charge in [-0.3, -0.25) is 19.7 Å². The maximum atomic E-state index is 12.8. The van der Waals surface area contributed by atoms with Crippen molar-refractivity contribution < 1.29 is 24.0 Å². The molecule has 4 rings (SSSR count). The molecule has 0 aliphatic heterocycles. The number of rotatable bonds is 9. The molecule has 11 heteroatoms. The van der Waals surface area contributed by atoms with Crippen molar-refractivity contribution in [3.05, 3.63) is 134 Å². The summed E-state index contributed by atoms with van der Waals surface area (Å²) in [5.74, 6) is -1.46. The molecule has 0 unspecified atom stereocenters. The van der Waals surface area contributed by atoms with Crippen LogP contribution in [-0.2, 0) is 4.79 Å². The lowest BCUT2D eigenvalue weighted by Crippen LogP contribution is -2.32. The standard InChI is InChI=1S/C28H20N4O6S/c33-26(20-5-2-1-3-6-20)30-25(17-24-7-4-16-39-24)27(34)31-29-18-19-8-14-23(15-9-19)38-28(35)21-10-12-22(13-11-21)32(36)37/h1-18H,(H,30,33)(H,31,34)/b25-17-,29-18-.